The van der Waals surface area contributed by atoms with Crippen LogP contribution in [0.1, 0.15) is 30.3 Å². The number of anilines is 1. The Bertz CT molecular complexity index is 1080. The Morgan fingerprint density at radius 2 is 1.93 bits per heavy atom. The summed E-state index contributed by atoms with van der Waals surface area (Å²) in [6.45, 7) is 1.03. The number of carbonyl (C=O) groups is 1. The van der Waals surface area contributed by atoms with Gasteiger partial charge in [0.1, 0.15) is 12.4 Å². The summed E-state index contributed by atoms with van der Waals surface area (Å²) in [5.41, 5.74) is 2.26. The normalized spacial score (nSPS) is 15.3. The average Bonchev–Trinajstić information content (AvgIpc) is 3.37. The van der Waals surface area contributed by atoms with E-state index in [0.717, 1.165) is 42.5 Å². The second-order valence-electron chi connectivity index (χ2n) is 7.43. The zero-order valence-electron chi connectivity index (χ0n) is 16.3. The molecule has 3 aromatic rings. The lowest BCUT2D eigenvalue weighted by atomic mass is 10.2. The number of amides is 1. The van der Waals surface area contributed by atoms with Gasteiger partial charge in [0.15, 0.2) is 11.0 Å². The Kier molecular flexibility index (Phi) is 5.39. The molecular weight excluding hydrogens is 420 g/mol. The van der Waals surface area contributed by atoms with E-state index < -0.39 is 0 Å². The Balaban J connectivity index is 1.26. The lowest BCUT2D eigenvalue weighted by Crippen LogP contribution is -2.30. The van der Waals surface area contributed by atoms with Crippen LogP contribution in [-0.2, 0) is 17.8 Å². The minimum atomic E-state index is 0.101. The van der Waals surface area contributed by atoms with Crippen molar-refractivity contribution in [1.29, 1.82) is 0 Å². The highest BCUT2D eigenvalue weighted by Gasteiger charge is 2.31. The largest absolute Gasteiger partial charge is 0.484 e. The first-order valence-corrected chi connectivity index (χ1v) is 11.4. The van der Waals surface area contributed by atoms with Gasteiger partial charge in [-0.1, -0.05) is 53.7 Å². The molecule has 1 aliphatic heterocycles. The molecule has 0 atom stereocenters. The van der Waals surface area contributed by atoms with Crippen molar-refractivity contribution in [1.82, 2.24) is 14.8 Å². The number of ether oxygens (including phenoxy) is 1. The van der Waals surface area contributed by atoms with E-state index in [0.29, 0.717) is 29.2 Å². The van der Waals surface area contributed by atoms with Crippen LogP contribution in [0.3, 0.4) is 0 Å². The van der Waals surface area contributed by atoms with Crippen molar-refractivity contribution in [2.24, 2.45) is 0 Å². The summed E-state index contributed by atoms with van der Waals surface area (Å²) in [6, 6.07) is 15.9. The van der Waals surface area contributed by atoms with Gasteiger partial charge in [0.05, 0.1) is 10.8 Å². The molecule has 1 aromatic heterocycles. The van der Waals surface area contributed by atoms with Crippen LogP contribution in [0.5, 0.6) is 5.75 Å². The van der Waals surface area contributed by atoms with E-state index in [1.807, 2.05) is 41.3 Å². The molecule has 1 amide bonds. The number of hydrogen-bond acceptors (Lipinski definition) is 5. The van der Waals surface area contributed by atoms with Gasteiger partial charge < -0.3 is 9.64 Å². The fraction of sp³-hybridized carbons (Fsp3) is 0.318. The smallest absolute Gasteiger partial charge is 0.237 e. The van der Waals surface area contributed by atoms with E-state index in [4.69, 9.17) is 16.3 Å². The van der Waals surface area contributed by atoms with Gasteiger partial charge in [-0.15, -0.1) is 10.2 Å². The quantitative estimate of drug-likeness (QED) is 0.505. The van der Waals surface area contributed by atoms with E-state index in [1.54, 1.807) is 6.07 Å². The number of benzene rings is 2. The highest BCUT2D eigenvalue weighted by Crippen LogP contribution is 2.39. The molecule has 0 bridgehead atoms. The van der Waals surface area contributed by atoms with Crippen molar-refractivity contribution in [2.45, 2.75) is 37.1 Å². The molecule has 5 rings (SSSR count). The van der Waals surface area contributed by atoms with Gasteiger partial charge in [0.25, 0.3) is 0 Å². The second kappa shape index (κ2) is 8.32. The summed E-state index contributed by atoms with van der Waals surface area (Å²) in [4.78, 5) is 14.7. The molecule has 30 heavy (non-hydrogen) atoms. The molecule has 154 valence electrons. The van der Waals surface area contributed by atoms with Gasteiger partial charge in [0.2, 0.25) is 5.91 Å². The van der Waals surface area contributed by atoms with Gasteiger partial charge in [-0.25, -0.2) is 0 Å². The minimum absolute atomic E-state index is 0.101. The number of hydrogen-bond donors (Lipinski definition) is 0. The standard InChI is InChI=1S/C22H21ClN4O2S/c23-17-6-2-4-8-19(17)29-13-20-24-25-22(27(20)16-9-10-16)30-14-21(28)26-12-11-15-5-1-3-7-18(15)26/h1-8,16H,9-14H2. The molecule has 0 spiro atoms. The minimum Gasteiger partial charge on any atom is -0.484 e. The number of thioether (sulfide) groups is 1. The molecule has 1 fully saturated rings. The van der Waals surface area contributed by atoms with E-state index in [1.165, 1.54) is 17.3 Å². The number of rotatable bonds is 7. The number of fused-ring (bicyclic) bond motifs is 1. The monoisotopic (exact) mass is 440 g/mol. The molecule has 2 aliphatic rings. The molecule has 1 saturated carbocycles. The number of para-hydroxylation sites is 2. The van der Waals surface area contributed by atoms with E-state index >= 15 is 0 Å². The molecular formula is C22H21ClN4O2S. The highest BCUT2D eigenvalue weighted by atomic mass is 35.5. The Morgan fingerprint density at radius 1 is 1.13 bits per heavy atom. The summed E-state index contributed by atoms with van der Waals surface area (Å²) in [7, 11) is 0. The van der Waals surface area contributed by atoms with E-state index in [2.05, 4.69) is 20.8 Å². The van der Waals surface area contributed by atoms with Gasteiger partial charge in [-0.3, -0.25) is 9.36 Å². The first-order chi connectivity index (χ1) is 14.7. The Morgan fingerprint density at radius 3 is 2.77 bits per heavy atom. The van der Waals surface area contributed by atoms with Gasteiger partial charge in [-0.2, -0.15) is 0 Å². The molecule has 6 nitrogen and oxygen atoms in total. The predicted octanol–water partition coefficient (Wildman–Crippen LogP) is 4.53. The fourth-order valence-corrected chi connectivity index (χ4v) is 4.80. The number of carbonyl (C=O) groups excluding carboxylic acids is 1. The fourth-order valence-electron chi connectivity index (χ4n) is 3.71. The van der Waals surface area contributed by atoms with Crippen LogP contribution in [-0.4, -0.2) is 33.0 Å². The van der Waals surface area contributed by atoms with Crippen LogP contribution in [0.2, 0.25) is 5.02 Å². The number of aromatic nitrogens is 3. The van der Waals surface area contributed by atoms with Crippen LogP contribution in [0, 0.1) is 0 Å². The maximum Gasteiger partial charge on any atom is 0.237 e. The van der Waals surface area contributed by atoms with Crippen molar-refractivity contribution >= 4 is 35.0 Å². The molecule has 0 unspecified atom stereocenters. The van der Waals surface area contributed by atoms with E-state index in [-0.39, 0.29) is 5.91 Å². The summed E-state index contributed by atoms with van der Waals surface area (Å²) in [5.74, 6) is 1.83. The first kappa shape index (κ1) is 19.5. The van der Waals surface area contributed by atoms with E-state index in [9.17, 15) is 4.79 Å². The van der Waals surface area contributed by atoms with Gasteiger partial charge >= 0.3 is 0 Å². The van der Waals surface area contributed by atoms with Crippen molar-refractivity contribution in [3.63, 3.8) is 0 Å². The third kappa shape index (κ3) is 3.91. The topological polar surface area (TPSA) is 60.2 Å². The lowest BCUT2D eigenvalue weighted by Gasteiger charge is -2.17. The number of nitrogens with zero attached hydrogens (tertiary/aromatic N) is 4. The van der Waals surface area contributed by atoms with Crippen LogP contribution < -0.4 is 9.64 Å². The highest BCUT2D eigenvalue weighted by molar-refractivity contribution is 7.99. The van der Waals surface area contributed by atoms with Crippen LogP contribution >= 0.6 is 23.4 Å². The van der Waals surface area contributed by atoms with Crippen LogP contribution in [0.4, 0.5) is 5.69 Å². The van der Waals surface area contributed by atoms with Crippen LogP contribution in [0.25, 0.3) is 0 Å². The summed E-state index contributed by atoms with van der Waals surface area (Å²) < 4.78 is 7.98. The Hall–Kier alpha value is -2.51. The molecule has 2 aromatic carbocycles. The third-order valence-corrected chi connectivity index (χ3v) is 6.59. The third-order valence-electron chi connectivity index (χ3n) is 5.35. The lowest BCUT2D eigenvalue weighted by molar-refractivity contribution is -0.116. The zero-order chi connectivity index (χ0) is 20.5. The SMILES string of the molecule is O=C(CSc1nnc(COc2ccccc2Cl)n1C1CC1)N1CCc2ccccc21. The zero-order valence-corrected chi connectivity index (χ0v) is 17.9. The summed E-state index contributed by atoms with van der Waals surface area (Å²) in [5, 5.41) is 10.0. The second-order valence-corrected chi connectivity index (χ2v) is 8.78. The molecule has 0 radical (unpaired) electrons. The molecule has 2 heterocycles. The maximum absolute atomic E-state index is 12.8. The molecule has 8 heteroatoms. The van der Waals surface area contributed by atoms with Crippen molar-refractivity contribution < 1.29 is 9.53 Å². The van der Waals surface area contributed by atoms with Crippen molar-refractivity contribution in [3.8, 4) is 5.75 Å². The molecule has 0 saturated heterocycles. The average molecular weight is 441 g/mol. The predicted molar refractivity (Wildman–Crippen MR) is 117 cm³/mol. The number of halogens is 1. The van der Waals surface area contributed by atoms with Crippen molar-refractivity contribution in [3.05, 3.63) is 64.9 Å². The maximum atomic E-state index is 12.8. The Labute approximate surface area is 184 Å². The molecule has 0 N–H and O–H groups in total. The first-order valence-electron chi connectivity index (χ1n) is 10.0. The summed E-state index contributed by atoms with van der Waals surface area (Å²) >= 11 is 7.63. The van der Waals surface area contributed by atoms with Gasteiger partial charge in [-0.05, 0) is 43.0 Å². The molecule has 1 aliphatic carbocycles. The van der Waals surface area contributed by atoms with Crippen molar-refractivity contribution in [2.75, 3.05) is 17.2 Å². The van der Waals surface area contributed by atoms with Crippen LogP contribution in [0.15, 0.2) is 53.7 Å². The van der Waals surface area contributed by atoms with Gasteiger partial charge in [0, 0.05) is 18.3 Å². The summed E-state index contributed by atoms with van der Waals surface area (Å²) in [6.07, 6.45) is 3.10.